The largest absolute Gasteiger partial charge is 0.399 e. The number of hydrogen-bond donors (Lipinski definition) is 0. The fourth-order valence-electron chi connectivity index (χ4n) is 3.87. The Kier molecular flexibility index (Phi) is 8.95. The number of hydrogen-bond acceptors (Lipinski definition) is 2. The Hall–Kier alpha value is -1.05. The summed E-state index contributed by atoms with van der Waals surface area (Å²) in [6.07, 6.45) is 0.285. The molecule has 33 heavy (non-hydrogen) atoms. The minimum absolute atomic E-state index is 0.0106. The van der Waals surface area contributed by atoms with Crippen molar-refractivity contribution in [3.05, 3.63) is 72.6 Å². The fourth-order valence-corrected chi connectivity index (χ4v) is 5.10. The molecule has 0 aromatic heterocycles. The smallest absolute Gasteiger partial charge is 0.306 e. The summed E-state index contributed by atoms with van der Waals surface area (Å²) in [4.78, 5) is 15.0. The third-order valence-corrected chi connectivity index (χ3v) is 7.66. The van der Waals surface area contributed by atoms with E-state index in [-0.39, 0.29) is 26.4 Å². The first kappa shape index (κ1) is 26.6. The monoisotopic (exact) mass is 581 g/mol. The molecule has 0 saturated carbocycles. The van der Waals surface area contributed by atoms with Crippen LogP contribution in [-0.2, 0) is 0 Å². The molecule has 1 aliphatic heterocycles. The Morgan fingerprint density at radius 3 is 2.30 bits per heavy atom. The lowest BCUT2D eigenvalue weighted by atomic mass is 9.90. The number of piperidine rings is 1. The molecule has 0 spiro atoms. The standard InChI is InChI=1S/C24H22BrCl3F3NO/c1-32-8-6-15(7-9-32)11-22(33)17-4-2-14(10-19(17)25)3-5-18(24(29,30)31)16-12-20(26)23(28)21(27)13-16/h2-5,10,12-13,15,18H,6-9,11H2,1H3/b5-3+. The zero-order valence-electron chi connectivity index (χ0n) is 17.7. The van der Waals surface area contributed by atoms with E-state index in [9.17, 15) is 18.0 Å². The first-order valence-electron chi connectivity index (χ1n) is 10.4. The zero-order valence-corrected chi connectivity index (χ0v) is 21.6. The van der Waals surface area contributed by atoms with Crippen LogP contribution >= 0.6 is 50.7 Å². The lowest BCUT2D eigenvalue weighted by molar-refractivity contribution is -0.139. The molecular formula is C24H22BrCl3F3NO. The molecule has 2 nitrogen and oxygen atoms in total. The number of benzene rings is 2. The number of ketones is 1. The third-order valence-electron chi connectivity index (χ3n) is 5.80. The van der Waals surface area contributed by atoms with Gasteiger partial charge in [0.2, 0.25) is 0 Å². The van der Waals surface area contributed by atoms with Crippen LogP contribution in [0.5, 0.6) is 0 Å². The van der Waals surface area contributed by atoms with Crippen LogP contribution in [0.1, 0.15) is 46.7 Å². The van der Waals surface area contributed by atoms with Crippen LogP contribution in [0, 0.1) is 5.92 Å². The Labute approximate surface area is 214 Å². The van der Waals surface area contributed by atoms with Crippen molar-refractivity contribution in [2.45, 2.75) is 31.4 Å². The van der Waals surface area contributed by atoms with Gasteiger partial charge in [-0.3, -0.25) is 4.79 Å². The quantitative estimate of drug-likeness (QED) is 0.251. The maximum Gasteiger partial charge on any atom is 0.399 e. The summed E-state index contributed by atoms with van der Waals surface area (Å²) in [5, 5.41) is -0.0782. The van der Waals surface area contributed by atoms with Crippen molar-refractivity contribution in [1.29, 1.82) is 0 Å². The van der Waals surface area contributed by atoms with Gasteiger partial charge in [-0.2, -0.15) is 13.2 Å². The highest BCUT2D eigenvalue weighted by Crippen LogP contribution is 2.41. The fraction of sp³-hybridized carbons (Fsp3) is 0.375. The van der Waals surface area contributed by atoms with Crippen LogP contribution in [0.3, 0.4) is 0 Å². The minimum atomic E-state index is -4.56. The summed E-state index contributed by atoms with van der Waals surface area (Å²) in [7, 11) is 2.07. The average molecular weight is 584 g/mol. The maximum atomic E-state index is 13.7. The summed E-state index contributed by atoms with van der Waals surface area (Å²) in [5.41, 5.74) is 0.954. The molecule has 0 N–H and O–H groups in total. The number of allylic oxidation sites excluding steroid dienone is 1. The molecule has 1 heterocycles. The van der Waals surface area contributed by atoms with Crippen molar-refractivity contribution in [2.75, 3.05) is 20.1 Å². The molecule has 178 valence electrons. The number of carbonyl (C=O) groups excluding carboxylic acids is 1. The van der Waals surface area contributed by atoms with E-state index >= 15 is 0 Å². The molecule has 0 bridgehead atoms. The van der Waals surface area contributed by atoms with Crippen molar-refractivity contribution in [3.8, 4) is 0 Å². The highest BCUT2D eigenvalue weighted by molar-refractivity contribution is 9.10. The first-order chi connectivity index (χ1) is 15.5. The molecule has 1 atom stereocenters. The molecule has 0 radical (unpaired) electrons. The second-order valence-corrected chi connectivity index (χ2v) is 10.3. The summed E-state index contributed by atoms with van der Waals surface area (Å²) in [6.45, 7) is 1.96. The number of rotatable bonds is 6. The van der Waals surface area contributed by atoms with Gasteiger partial charge >= 0.3 is 6.18 Å². The topological polar surface area (TPSA) is 20.3 Å². The van der Waals surface area contributed by atoms with Gasteiger partial charge in [-0.25, -0.2) is 0 Å². The normalized spacial score (nSPS) is 17.0. The number of halogens is 7. The number of carbonyl (C=O) groups is 1. The molecular weight excluding hydrogens is 562 g/mol. The van der Waals surface area contributed by atoms with E-state index in [0.717, 1.165) is 32.0 Å². The Balaban J connectivity index is 1.78. The second-order valence-electron chi connectivity index (χ2n) is 8.29. The highest BCUT2D eigenvalue weighted by atomic mass is 79.9. The Bertz CT molecular complexity index is 1030. The average Bonchev–Trinajstić information content (AvgIpc) is 2.72. The number of alkyl halides is 3. The van der Waals surface area contributed by atoms with E-state index in [1.54, 1.807) is 18.2 Å². The van der Waals surface area contributed by atoms with E-state index in [2.05, 4.69) is 27.9 Å². The van der Waals surface area contributed by atoms with Crippen molar-refractivity contribution >= 4 is 62.6 Å². The number of nitrogens with zero attached hydrogens (tertiary/aromatic N) is 1. The Morgan fingerprint density at radius 2 is 1.76 bits per heavy atom. The van der Waals surface area contributed by atoms with E-state index in [0.29, 0.717) is 27.9 Å². The van der Waals surface area contributed by atoms with Crippen LogP contribution in [-0.4, -0.2) is 37.0 Å². The summed E-state index contributed by atoms with van der Waals surface area (Å²) >= 11 is 21.1. The molecule has 1 unspecified atom stereocenters. The number of Topliss-reactive ketones (excluding diaryl/α,β-unsaturated/α-hetero) is 1. The molecule has 0 amide bonds. The van der Waals surface area contributed by atoms with Crippen molar-refractivity contribution in [2.24, 2.45) is 5.92 Å². The molecule has 9 heteroatoms. The maximum absolute atomic E-state index is 13.7. The van der Waals surface area contributed by atoms with Crippen LogP contribution in [0.4, 0.5) is 13.2 Å². The highest BCUT2D eigenvalue weighted by Gasteiger charge is 2.39. The van der Waals surface area contributed by atoms with Gasteiger partial charge in [0, 0.05) is 16.5 Å². The van der Waals surface area contributed by atoms with Gasteiger partial charge in [-0.05, 0) is 74.3 Å². The van der Waals surface area contributed by atoms with E-state index in [1.807, 2.05) is 0 Å². The predicted molar refractivity (Wildman–Crippen MR) is 133 cm³/mol. The minimum Gasteiger partial charge on any atom is -0.306 e. The van der Waals surface area contributed by atoms with Crippen molar-refractivity contribution in [3.63, 3.8) is 0 Å². The van der Waals surface area contributed by atoms with Crippen LogP contribution < -0.4 is 0 Å². The SMILES string of the molecule is CN1CCC(CC(=O)c2ccc(/C=C/C(c3cc(Cl)c(Cl)c(Cl)c3)C(F)(F)F)cc2Br)CC1. The van der Waals surface area contributed by atoms with Gasteiger partial charge in [0.05, 0.1) is 21.0 Å². The van der Waals surface area contributed by atoms with E-state index in [4.69, 9.17) is 34.8 Å². The molecule has 2 aromatic rings. The molecule has 2 aromatic carbocycles. The van der Waals surface area contributed by atoms with Crippen LogP contribution in [0.15, 0.2) is 40.9 Å². The van der Waals surface area contributed by atoms with Gasteiger partial charge in [-0.1, -0.05) is 69.0 Å². The van der Waals surface area contributed by atoms with Gasteiger partial charge in [0.15, 0.2) is 5.78 Å². The van der Waals surface area contributed by atoms with Crippen molar-refractivity contribution < 1.29 is 18.0 Å². The molecule has 0 aliphatic carbocycles. The van der Waals surface area contributed by atoms with E-state index in [1.165, 1.54) is 18.2 Å². The molecule has 3 rings (SSSR count). The molecule has 1 saturated heterocycles. The van der Waals surface area contributed by atoms with Gasteiger partial charge in [0.1, 0.15) is 0 Å². The van der Waals surface area contributed by atoms with Gasteiger partial charge in [0.25, 0.3) is 0 Å². The van der Waals surface area contributed by atoms with Crippen LogP contribution in [0.25, 0.3) is 6.08 Å². The number of likely N-dealkylation sites (tertiary alicyclic amines) is 1. The van der Waals surface area contributed by atoms with Crippen molar-refractivity contribution in [1.82, 2.24) is 4.90 Å². The lowest BCUT2D eigenvalue weighted by Gasteiger charge is -2.28. The first-order valence-corrected chi connectivity index (χ1v) is 12.3. The molecule has 1 aliphatic rings. The molecule has 1 fully saturated rings. The van der Waals surface area contributed by atoms with E-state index < -0.39 is 12.1 Å². The summed E-state index contributed by atoms with van der Waals surface area (Å²) in [5.74, 6) is -1.54. The summed E-state index contributed by atoms with van der Waals surface area (Å²) in [6, 6.07) is 7.27. The van der Waals surface area contributed by atoms with Crippen LogP contribution in [0.2, 0.25) is 15.1 Å². The van der Waals surface area contributed by atoms with Gasteiger partial charge < -0.3 is 4.90 Å². The zero-order chi connectivity index (χ0) is 24.3. The predicted octanol–water partition coefficient (Wildman–Crippen LogP) is 8.68. The lowest BCUT2D eigenvalue weighted by Crippen LogP contribution is -2.31. The second kappa shape index (κ2) is 11.1. The third kappa shape index (κ3) is 6.98. The summed E-state index contributed by atoms with van der Waals surface area (Å²) < 4.78 is 41.8. The Morgan fingerprint density at radius 1 is 1.15 bits per heavy atom. The van der Waals surface area contributed by atoms with Gasteiger partial charge in [-0.15, -0.1) is 0 Å².